The fourth-order valence-electron chi connectivity index (χ4n) is 3.53. The minimum atomic E-state index is -0.260. The van der Waals surface area contributed by atoms with Crippen molar-refractivity contribution in [2.45, 2.75) is 38.5 Å². The van der Waals surface area contributed by atoms with E-state index >= 15 is 0 Å². The summed E-state index contributed by atoms with van der Waals surface area (Å²) in [6.07, 6.45) is 5.85. The van der Waals surface area contributed by atoms with Gasteiger partial charge in [-0.15, -0.1) is 0 Å². The van der Waals surface area contributed by atoms with Crippen LogP contribution in [0, 0.1) is 5.92 Å². The first-order chi connectivity index (χ1) is 11.1. The van der Waals surface area contributed by atoms with Gasteiger partial charge in [-0.25, -0.2) is 0 Å². The standard InChI is InChI=1S/C18H24N2O3/c19-18(22)14-8-10-20(11-9-14)17(21)12-23-16-7-3-5-13-4-1-2-6-15(13)16/h3,5,7,14H,1-2,4,6,8-12H2,(H2,19,22). The van der Waals surface area contributed by atoms with E-state index in [2.05, 4.69) is 6.07 Å². The van der Waals surface area contributed by atoms with E-state index in [1.54, 1.807) is 4.90 Å². The van der Waals surface area contributed by atoms with Crippen molar-refractivity contribution in [3.63, 3.8) is 0 Å². The van der Waals surface area contributed by atoms with Crippen molar-refractivity contribution >= 4 is 11.8 Å². The summed E-state index contributed by atoms with van der Waals surface area (Å²) in [5.74, 6) is 0.481. The number of rotatable bonds is 4. The smallest absolute Gasteiger partial charge is 0.260 e. The molecule has 5 heteroatoms. The Morgan fingerprint density at radius 3 is 2.65 bits per heavy atom. The van der Waals surface area contributed by atoms with E-state index < -0.39 is 0 Å². The largest absolute Gasteiger partial charge is 0.483 e. The number of ether oxygens (including phenoxy) is 1. The van der Waals surface area contributed by atoms with Gasteiger partial charge in [-0.1, -0.05) is 12.1 Å². The molecule has 0 atom stereocenters. The summed E-state index contributed by atoms with van der Waals surface area (Å²) in [5, 5.41) is 0. The summed E-state index contributed by atoms with van der Waals surface area (Å²) in [7, 11) is 0. The highest BCUT2D eigenvalue weighted by molar-refractivity contribution is 5.79. The maximum absolute atomic E-state index is 12.3. The number of piperidine rings is 1. The second kappa shape index (κ2) is 7.02. The Bertz CT molecular complexity index is 592. The van der Waals surface area contributed by atoms with E-state index in [9.17, 15) is 9.59 Å². The quantitative estimate of drug-likeness (QED) is 0.918. The zero-order valence-electron chi connectivity index (χ0n) is 13.4. The van der Waals surface area contributed by atoms with Gasteiger partial charge >= 0.3 is 0 Å². The summed E-state index contributed by atoms with van der Waals surface area (Å²) in [6, 6.07) is 6.11. The highest BCUT2D eigenvalue weighted by Crippen LogP contribution is 2.29. The number of likely N-dealkylation sites (tertiary alicyclic amines) is 1. The second-order valence-corrected chi connectivity index (χ2v) is 6.45. The first-order valence-corrected chi connectivity index (χ1v) is 8.46. The Labute approximate surface area is 136 Å². The lowest BCUT2D eigenvalue weighted by Crippen LogP contribution is -2.43. The Morgan fingerprint density at radius 2 is 1.91 bits per heavy atom. The molecule has 0 aromatic heterocycles. The summed E-state index contributed by atoms with van der Waals surface area (Å²) < 4.78 is 5.81. The molecule has 0 spiro atoms. The minimum absolute atomic E-state index is 0.0127. The number of aryl methyl sites for hydroxylation is 1. The third-order valence-corrected chi connectivity index (χ3v) is 4.95. The fourth-order valence-corrected chi connectivity index (χ4v) is 3.53. The molecular weight excluding hydrogens is 292 g/mol. The van der Waals surface area contributed by atoms with Gasteiger partial charge in [-0.2, -0.15) is 0 Å². The molecule has 1 saturated heterocycles. The Hall–Kier alpha value is -2.04. The van der Waals surface area contributed by atoms with Crippen LogP contribution in [0.2, 0.25) is 0 Å². The third kappa shape index (κ3) is 3.66. The molecule has 1 aromatic carbocycles. The lowest BCUT2D eigenvalue weighted by Gasteiger charge is -2.30. The van der Waals surface area contributed by atoms with Gasteiger partial charge in [0.15, 0.2) is 6.61 Å². The Kier molecular flexibility index (Phi) is 4.84. The Morgan fingerprint density at radius 1 is 1.17 bits per heavy atom. The zero-order valence-corrected chi connectivity index (χ0v) is 13.4. The van der Waals surface area contributed by atoms with Crippen LogP contribution in [0.25, 0.3) is 0 Å². The van der Waals surface area contributed by atoms with Crippen LogP contribution >= 0.6 is 0 Å². The first-order valence-electron chi connectivity index (χ1n) is 8.46. The average Bonchev–Trinajstić information content (AvgIpc) is 2.59. The van der Waals surface area contributed by atoms with E-state index in [0.29, 0.717) is 25.9 Å². The molecule has 1 aliphatic carbocycles. The molecular formula is C18H24N2O3. The molecule has 0 saturated carbocycles. The molecule has 0 radical (unpaired) electrons. The normalized spacial score (nSPS) is 18.3. The number of nitrogens with two attached hydrogens (primary N) is 1. The lowest BCUT2D eigenvalue weighted by atomic mass is 9.91. The van der Waals surface area contributed by atoms with Crippen molar-refractivity contribution in [1.82, 2.24) is 4.90 Å². The molecule has 1 aliphatic heterocycles. The lowest BCUT2D eigenvalue weighted by molar-refractivity contribution is -0.136. The van der Waals surface area contributed by atoms with Crippen molar-refractivity contribution in [2.75, 3.05) is 19.7 Å². The third-order valence-electron chi connectivity index (χ3n) is 4.95. The van der Waals surface area contributed by atoms with Crippen LogP contribution in [-0.2, 0) is 22.4 Å². The molecule has 1 heterocycles. The number of carbonyl (C=O) groups excluding carboxylic acids is 2. The molecule has 0 bridgehead atoms. The zero-order chi connectivity index (χ0) is 16.2. The van der Waals surface area contributed by atoms with Crippen LogP contribution in [0.4, 0.5) is 0 Å². The summed E-state index contributed by atoms with van der Waals surface area (Å²) >= 11 is 0. The van der Waals surface area contributed by atoms with Crippen LogP contribution in [0.1, 0.15) is 36.8 Å². The van der Waals surface area contributed by atoms with E-state index in [1.807, 2.05) is 12.1 Å². The second-order valence-electron chi connectivity index (χ2n) is 6.45. The molecule has 3 rings (SSSR count). The van der Waals surface area contributed by atoms with Gasteiger partial charge in [0, 0.05) is 19.0 Å². The van der Waals surface area contributed by atoms with Gasteiger partial charge in [-0.05, 0) is 55.7 Å². The number of carbonyl (C=O) groups is 2. The number of hydrogen-bond donors (Lipinski definition) is 1. The predicted octanol–water partition coefficient (Wildman–Crippen LogP) is 1.67. The summed E-state index contributed by atoms with van der Waals surface area (Å²) in [4.78, 5) is 25.2. The van der Waals surface area contributed by atoms with Crippen LogP contribution in [0.3, 0.4) is 0 Å². The monoisotopic (exact) mass is 316 g/mol. The maximum atomic E-state index is 12.3. The van der Waals surface area contributed by atoms with Crippen molar-refractivity contribution in [1.29, 1.82) is 0 Å². The minimum Gasteiger partial charge on any atom is -0.483 e. The van der Waals surface area contributed by atoms with Crippen LogP contribution in [0.5, 0.6) is 5.75 Å². The number of amides is 2. The maximum Gasteiger partial charge on any atom is 0.260 e. The number of primary amides is 1. The number of nitrogens with zero attached hydrogens (tertiary/aromatic N) is 1. The van der Waals surface area contributed by atoms with Gasteiger partial charge < -0.3 is 15.4 Å². The van der Waals surface area contributed by atoms with Crippen LogP contribution < -0.4 is 10.5 Å². The molecule has 1 fully saturated rings. The molecule has 0 unspecified atom stereocenters. The van der Waals surface area contributed by atoms with Gasteiger partial charge in [0.25, 0.3) is 5.91 Å². The van der Waals surface area contributed by atoms with Crippen molar-refractivity contribution in [2.24, 2.45) is 11.7 Å². The summed E-state index contributed by atoms with van der Waals surface area (Å²) in [6.45, 7) is 1.24. The molecule has 2 aliphatic rings. The van der Waals surface area contributed by atoms with Gasteiger partial charge in [-0.3, -0.25) is 9.59 Å². The average molecular weight is 316 g/mol. The predicted molar refractivity (Wildman–Crippen MR) is 87.1 cm³/mol. The number of fused-ring (bicyclic) bond motifs is 1. The van der Waals surface area contributed by atoms with E-state index in [4.69, 9.17) is 10.5 Å². The molecule has 2 N–H and O–H groups in total. The van der Waals surface area contributed by atoms with Crippen LogP contribution in [0.15, 0.2) is 18.2 Å². The molecule has 2 amide bonds. The molecule has 23 heavy (non-hydrogen) atoms. The summed E-state index contributed by atoms with van der Waals surface area (Å²) in [5.41, 5.74) is 7.93. The van der Waals surface area contributed by atoms with Gasteiger partial charge in [0.05, 0.1) is 0 Å². The Balaban J connectivity index is 1.55. The molecule has 1 aromatic rings. The topological polar surface area (TPSA) is 72.6 Å². The van der Waals surface area contributed by atoms with Crippen molar-refractivity contribution < 1.29 is 14.3 Å². The fraction of sp³-hybridized carbons (Fsp3) is 0.556. The molecule has 5 nitrogen and oxygen atoms in total. The first kappa shape index (κ1) is 15.8. The van der Waals surface area contributed by atoms with E-state index in [0.717, 1.165) is 18.6 Å². The van der Waals surface area contributed by atoms with Crippen LogP contribution in [-0.4, -0.2) is 36.4 Å². The van der Waals surface area contributed by atoms with Gasteiger partial charge in [0.2, 0.25) is 5.91 Å². The van der Waals surface area contributed by atoms with E-state index in [-0.39, 0.29) is 24.3 Å². The molecule has 124 valence electrons. The van der Waals surface area contributed by atoms with Crippen molar-refractivity contribution in [3.05, 3.63) is 29.3 Å². The van der Waals surface area contributed by atoms with Crippen molar-refractivity contribution in [3.8, 4) is 5.75 Å². The van der Waals surface area contributed by atoms with Gasteiger partial charge in [0.1, 0.15) is 5.75 Å². The highest BCUT2D eigenvalue weighted by atomic mass is 16.5. The number of hydrogen-bond acceptors (Lipinski definition) is 3. The number of benzene rings is 1. The SMILES string of the molecule is NC(=O)C1CCN(C(=O)COc2cccc3c2CCCC3)CC1. The van der Waals surface area contributed by atoms with E-state index in [1.165, 1.54) is 24.0 Å². The highest BCUT2D eigenvalue weighted by Gasteiger charge is 2.26.